The molecule has 0 saturated carbocycles. The van der Waals surface area contributed by atoms with E-state index in [4.69, 9.17) is 14.2 Å². The molecule has 1 aromatic heterocycles. The minimum atomic E-state index is -1.04. The van der Waals surface area contributed by atoms with Crippen molar-refractivity contribution < 1.29 is 24.1 Å². The number of aliphatic carboxylic acids is 1. The third-order valence-electron chi connectivity index (χ3n) is 4.29. The SMILES string of the molecule is COc1ccc(-c2cn(CC(=O)O)c3c(OC)ccc(OC)c3c2=O)cc1. The van der Waals surface area contributed by atoms with Crippen LogP contribution in [0.5, 0.6) is 17.2 Å². The Balaban J connectivity index is 2.40. The van der Waals surface area contributed by atoms with Crippen LogP contribution in [0.2, 0.25) is 0 Å². The van der Waals surface area contributed by atoms with E-state index in [0.717, 1.165) is 0 Å². The molecule has 27 heavy (non-hydrogen) atoms. The van der Waals surface area contributed by atoms with Gasteiger partial charge in [0.2, 0.25) is 5.43 Å². The lowest BCUT2D eigenvalue weighted by Crippen LogP contribution is -2.17. The maximum atomic E-state index is 13.2. The van der Waals surface area contributed by atoms with Crippen LogP contribution in [0.15, 0.2) is 47.4 Å². The summed E-state index contributed by atoms with van der Waals surface area (Å²) in [7, 11) is 4.48. The molecule has 0 bridgehead atoms. The number of methoxy groups -OCH3 is 3. The molecule has 7 heteroatoms. The quantitative estimate of drug-likeness (QED) is 0.719. The smallest absolute Gasteiger partial charge is 0.323 e. The van der Waals surface area contributed by atoms with Crippen LogP contribution in [0.4, 0.5) is 0 Å². The fourth-order valence-corrected chi connectivity index (χ4v) is 3.05. The van der Waals surface area contributed by atoms with E-state index in [-0.39, 0.29) is 17.4 Å². The van der Waals surface area contributed by atoms with Gasteiger partial charge in [0.25, 0.3) is 0 Å². The molecule has 0 amide bonds. The summed E-state index contributed by atoms with van der Waals surface area (Å²) in [6.45, 7) is -0.330. The summed E-state index contributed by atoms with van der Waals surface area (Å²) < 4.78 is 17.4. The van der Waals surface area contributed by atoms with Crippen LogP contribution in [-0.4, -0.2) is 37.0 Å². The topological polar surface area (TPSA) is 87.0 Å². The number of hydrogen-bond acceptors (Lipinski definition) is 5. The van der Waals surface area contributed by atoms with Crippen LogP contribution in [-0.2, 0) is 11.3 Å². The zero-order valence-corrected chi connectivity index (χ0v) is 15.2. The van der Waals surface area contributed by atoms with Crippen LogP contribution in [0.3, 0.4) is 0 Å². The van der Waals surface area contributed by atoms with Crippen molar-refractivity contribution in [3.63, 3.8) is 0 Å². The lowest BCUT2D eigenvalue weighted by atomic mass is 10.0. The number of rotatable bonds is 6. The second-order valence-electron chi connectivity index (χ2n) is 5.82. The molecule has 0 spiro atoms. The van der Waals surface area contributed by atoms with E-state index in [9.17, 15) is 14.7 Å². The summed E-state index contributed by atoms with van der Waals surface area (Å²) in [5.41, 5.74) is 1.11. The van der Waals surface area contributed by atoms with Gasteiger partial charge in [0, 0.05) is 11.8 Å². The number of aromatic nitrogens is 1. The zero-order valence-electron chi connectivity index (χ0n) is 15.2. The fourth-order valence-electron chi connectivity index (χ4n) is 3.05. The second-order valence-corrected chi connectivity index (χ2v) is 5.82. The summed E-state index contributed by atoms with van der Waals surface area (Å²) in [5, 5.41) is 9.60. The molecule has 3 aromatic rings. The highest BCUT2D eigenvalue weighted by Gasteiger charge is 2.19. The fraction of sp³-hybridized carbons (Fsp3) is 0.200. The monoisotopic (exact) mass is 369 g/mol. The van der Waals surface area contributed by atoms with Gasteiger partial charge >= 0.3 is 5.97 Å². The van der Waals surface area contributed by atoms with Gasteiger partial charge in [-0.1, -0.05) is 12.1 Å². The molecular weight excluding hydrogens is 350 g/mol. The van der Waals surface area contributed by atoms with Gasteiger partial charge in [-0.2, -0.15) is 0 Å². The number of nitrogens with zero attached hydrogens (tertiary/aromatic N) is 1. The zero-order chi connectivity index (χ0) is 19.6. The second kappa shape index (κ2) is 7.41. The molecule has 0 aliphatic carbocycles. The summed E-state index contributed by atoms with van der Waals surface area (Å²) in [4.78, 5) is 24.6. The van der Waals surface area contributed by atoms with Gasteiger partial charge in [-0.15, -0.1) is 0 Å². The standard InChI is InChI=1S/C20H19NO6/c1-25-13-6-4-12(5-7-13)14-10-21(11-17(22)23)19-16(27-3)9-8-15(26-2)18(19)20(14)24/h4-10H,11H2,1-3H3,(H,22,23). The van der Waals surface area contributed by atoms with Gasteiger partial charge in [-0.3, -0.25) is 9.59 Å². The van der Waals surface area contributed by atoms with Gasteiger partial charge in [-0.05, 0) is 29.8 Å². The Bertz CT molecular complexity index is 1050. The number of ether oxygens (including phenoxy) is 3. The van der Waals surface area contributed by atoms with Gasteiger partial charge < -0.3 is 23.9 Å². The van der Waals surface area contributed by atoms with Crippen molar-refractivity contribution in [1.29, 1.82) is 0 Å². The average Bonchev–Trinajstić information content (AvgIpc) is 2.68. The molecule has 1 heterocycles. The molecule has 2 aromatic carbocycles. The van der Waals surface area contributed by atoms with Crippen molar-refractivity contribution >= 4 is 16.9 Å². The minimum absolute atomic E-state index is 0.270. The van der Waals surface area contributed by atoms with Crippen LogP contribution >= 0.6 is 0 Å². The molecule has 7 nitrogen and oxygen atoms in total. The number of carboxylic acids is 1. The molecule has 0 atom stereocenters. The summed E-state index contributed by atoms with van der Waals surface area (Å²) in [6, 6.07) is 10.3. The molecule has 1 N–H and O–H groups in total. The third kappa shape index (κ3) is 3.31. The van der Waals surface area contributed by atoms with E-state index in [1.54, 1.807) is 43.5 Å². The number of hydrogen-bond donors (Lipinski definition) is 1. The maximum absolute atomic E-state index is 13.2. The van der Waals surface area contributed by atoms with Crippen molar-refractivity contribution in [2.45, 2.75) is 6.54 Å². The predicted molar refractivity (Wildman–Crippen MR) is 101 cm³/mol. The van der Waals surface area contributed by atoms with Crippen molar-refractivity contribution in [2.75, 3.05) is 21.3 Å². The number of carboxylic acid groups (broad SMARTS) is 1. The van der Waals surface area contributed by atoms with Crippen LogP contribution < -0.4 is 19.6 Å². The summed E-state index contributed by atoms with van der Waals surface area (Å²) in [5.74, 6) is 0.367. The first kappa shape index (κ1) is 18.3. The molecule has 140 valence electrons. The van der Waals surface area contributed by atoms with Crippen molar-refractivity contribution in [2.24, 2.45) is 0 Å². The van der Waals surface area contributed by atoms with E-state index in [1.807, 2.05) is 0 Å². The average molecular weight is 369 g/mol. The highest BCUT2D eigenvalue weighted by Crippen LogP contribution is 2.33. The van der Waals surface area contributed by atoms with Crippen LogP contribution in [0.25, 0.3) is 22.0 Å². The van der Waals surface area contributed by atoms with Gasteiger partial charge in [-0.25, -0.2) is 0 Å². The molecule has 0 radical (unpaired) electrons. The summed E-state index contributed by atoms with van der Waals surface area (Å²) in [6.07, 6.45) is 1.53. The first-order valence-electron chi connectivity index (χ1n) is 8.14. The minimum Gasteiger partial charge on any atom is -0.497 e. The lowest BCUT2D eigenvalue weighted by molar-refractivity contribution is -0.137. The maximum Gasteiger partial charge on any atom is 0.323 e. The number of carbonyl (C=O) groups is 1. The van der Waals surface area contributed by atoms with E-state index < -0.39 is 5.97 Å². The molecule has 0 aliphatic heterocycles. The summed E-state index contributed by atoms with van der Waals surface area (Å²) >= 11 is 0. The number of benzene rings is 2. The Morgan fingerprint density at radius 1 is 0.963 bits per heavy atom. The van der Waals surface area contributed by atoms with Crippen LogP contribution in [0, 0.1) is 0 Å². The Hall–Kier alpha value is -3.48. The highest BCUT2D eigenvalue weighted by molar-refractivity contribution is 5.94. The van der Waals surface area contributed by atoms with Gasteiger partial charge in [0.05, 0.1) is 32.2 Å². The Labute approximate surface area is 155 Å². The van der Waals surface area contributed by atoms with Crippen LogP contribution in [0.1, 0.15) is 0 Å². The Morgan fingerprint density at radius 2 is 1.59 bits per heavy atom. The normalized spacial score (nSPS) is 10.6. The molecule has 0 unspecified atom stereocenters. The van der Waals surface area contributed by atoms with Crippen molar-refractivity contribution in [1.82, 2.24) is 4.57 Å². The highest BCUT2D eigenvalue weighted by atomic mass is 16.5. The van der Waals surface area contributed by atoms with E-state index >= 15 is 0 Å². The largest absolute Gasteiger partial charge is 0.497 e. The van der Waals surface area contributed by atoms with Crippen molar-refractivity contribution in [3.05, 3.63) is 52.8 Å². The van der Waals surface area contributed by atoms with Gasteiger partial charge in [0.15, 0.2) is 0 Å². The number of fused-ring (bicyclic) bond motifs is 1. The van der Waals surface area contributed by atoms with Gasteiger partial charge in [0.1, 0.15) is 23.8 Å². The molecule has 0 fully saturated rings. The van der Waals surface area contributed by atoms with E-state index in [0.29, 0.717) is 33.9 Å². The molecular formula is C20H19NO6. The Kier molecular flexibility index (Phi) is 5.03. The lowest BCUT2D eigenvalue weighted by Gasteiger charge is -2.16. The van der Waals surface area contributed by atoms with E-state index in [2.05, 4.69) is 0 Å². The molecule has 0 saturated heterocycles. The predicted octanol–water partition coefficient (Wildman–Crippen LogP) is 2.78. The Morgan fingerprint density at radius 3 is 2.15 bits per heavy atom. The first-order valence-corrected chi connectivity index (χ1v) is 8.14. The first-order chi connectivity index (χ1) is 13.0. The van der Waals surface area contributed by atoms with E-state index in [1.165, 1.54) is 25.0 Å². The van der Waals surface area contributed by atoms with Crippen molar-refractivity contribution in [3.8, 4) is 28.4 Å². The molecule has 0 aliphatic rings. The molecule has 3 rings (SSSR count). The number of pyridine rings is 1. The third-order valence-corrected chi connectivity index (χ3v) is 4.29.